The first-order valence-electron chi connectivity index (χ1n) is 11.9. The zero-order chi connectivity index (χ0) is 26.8. The van der Waals surface area contributed by atoms with Gasteiger partial charge in [0.05, 0.1) is 23.3 Å². The third-order valence-corrected chi connectivity index (χ3v) is 8.39. The molecule has 2 aromatic carbocycles. The molecule has 11 heteroatoms. The Balaban J connectivity index is 1.43. The predicted octanol–water partition coefficient (Wildman–Crippen LogP) is 5.02. The number of carbonyl (C=O) groups excluding carboxylic acids is 2. The second-order valence-corrected chi connectivity index (χ2v) is 11.1. The van der Waals surface area contributed by atoms with Gasteiger partial charge in [-0.3, -0.25) is 14.5 Å². The zero-order valence-electron chi connectivity index (χ0n) is 20.4. The summed E-state index contributed by atoms with van der Waals surface area (Å²) in [7, 11) is 0. The maximum absolute atomic E-state index is 14.9. The highest BCUT2D eigenvalue weighted by Gasteiger charge is 2.42. The summed E-state index contributed by atoms with van der Waals surface area (Å²) < 4.78 is 15.4. The number of allylic oxidation sites excluding steroid dienone is 3. The number of carbonyl (C=O) groups is 2. The van der Waals surface area contributed by atoms with Crippen molar-refractivity contribution < 1.29 is 14.0 Å². The van der Waals surface area contributed by atoms with Crippen LogP contribution in [0.1, 0.15) is 36.3 Å². The monoisotopic (exact) mass is 546 g/mol. The topological polar surface area (TPSA) is 125 Å². The van der Waals surface area contributed by atoms with Gasteiger partial charge in [-0.25, -0.2) is 4.39 Å². The van der Waals surface area contributed by atoms with Gasteiger partial charge in [0, 0.05) is 28.9 Å². The average molecular weight is 547 g/mol. The molecule has 3 N–H and O–H groups in total. The average Bonchev–Trinajstić information content (AvgIpc) is 3.36. The molecule has 1 aliphatic carbocycles. The zero-order valence-corrected chi connectivity index (χ0v) is 22.0. The van der Waals surface area contributed by atoms with Gasteiger partial charge in [0.1, 0.15) is 11.6 Å². The molecule has 1 amide bonds. The van der Waals surface area contributed by atoms with E-state index in [1.165, 1.54) is 29.2 Å². The quantitative estimate of drug-likeness (QED) is 0.413. The Labute approximate surface area is 227 Å². The number of nitriles is 1. The van der Waals surface area contributed by atoms with E-state index in [1.54, 1.807) is 23.1 Å². The van der Waals surface area contributed by atoms with Crippen LogP contribution in [0.5, 0.6) is 0 Å². The number of nitrogens with one attached hydrogen (secondary N) is 1. The van der Waals surface area contributed by atoms with Crippen LogP contribution in [0.4, 0.5) is 15.2 Å². The van der Waals surface area contributed by atoms with Gasteiger partial charge < -0.3 is 11.1 Å². The molecule has 1 unspecified atom stereocenters. The lowest BCUT2D eigenvalue weighted by atomic mass is 9.75. The summed E-state index contributed by atoms with van der Waals surface area (Å²) in [4.78, 5) is 27.2. The van der Waals surface area contributed by atoms with Crippen LogP contribution in [0.2, 0.25) is 0 Å². The molecule has 0 bridgehead atoms. The van der Waals surface area contributed by atoms with Gasteiger partial charge in [0.25, 0.3) is 0 Å². The molecule has 192 valence electrons. The van der Waals surface area contributed by atoms with Crippen molar-refractivity contribution >= 4 is 45.6 Å². The number of aromatic nitrogens is 2. The maximum atomic E-state index is 14.9. The lowest BCUT2D eigenvalue weighted by Crippen LogP contribution is -2.38. The highest BCUT2D eigenvalue weighted by Crippen LogP contribution is 2.47. The van der Waals surface area contributed by atoms with Crippen molar-refractivity contribution in [1.82, 2.24) is 10.2 Å². The van der Waals surface area contributed by atoms with Gasteiger partial charge in [-0.1, -0.05) is 53.4 Å². The van der Waals surface area contributed by atoms with Crippen LogP contribution in [0.15, 0.2) is 75.5 Å². The number of ketones is 1. The van der Waals surface area contributed by atoms with Crippen molar-refractivity contribution in [3.8, 4) is 6.07 Å². The van der Waals surface area contributed by atoms with Crippen molar-refractivity contribution in [2.24, 2.45) is 5.73 Å². The number of anilines is 2. The fourth-order valence-electron chi connectivity index (χ4n) is 4.72. The summed E-state index contributed by atoms with van der Waals surface area (Å²) in [6.45, 7) is 1.95. The van der Waals surface area contributed by atoms with Gasteiger partial charge in [-0.05, 0) is 43.5 Å². The highest BCUT2D eigenvalue weighted by atomic mass is 32.2. The number of nitrogens with two attached hydrogens (primary N) is 1. The van der Waals surface area contributed by atoms with Crippen LogP contribution in [0, 0.1) is 24.1 Å². The molecule has 38 heavy (non-hydrogen) atoms. The molecule has 0 saturated carbocycles. The van der Waals surface area contributed by atoms with Crippen molar-refractivity contribution in [3.63, 3.8) is 0 Å². The summed E-state index contributed by atoms with van der Waals surface area (Å²) in [5.74, 6) is -1.49. The molecule has 8 nitrogen and oxygen atoms in total. The standard InChI is InChI=1S/C27H23FN6O2S2/c1-15-6-4-7-16(12-15)31-22(36)14-37-27-33-32-26(38-27)34-20-10-5-11-21(35)24(20)23(18(13-29)25(34)30)17-8-2-3-9-19(17)28/h2-4,6-9,12,23H,5,10-11,14,30H2,1H3,(H,31,36). The van der Waals surface area contributed by atoms with E-state index in [4.69, 9.17) is 5.73 Å². The molecule has 2 aliphatic rings. The minimum absolute atomic E-state index is 0.0889. The van der Waals surface area contributed by atoms with E-state index in [-0.39, 0.29) is 34.4 Å². The number of hydrogen-bond donors (Lipinski definition) is 2. The third-order valence-electron chi connectivity index (χ3n) is 6.35. The van der Waals surface area contributed by atoms with Gasteiger partial charge in [-0.15, -0.1) is 10.2 Å². The van der Waals surface area contributed by atoms with Crippen molar-refractivity contribution in [2.45, 2.75) is 36.4 Å². The summed E-state index contributed by atoms with van der Waals surface area (Å²) in [6.07, 6.45) is 1.43. The van der Waals surface area contributed by atoms with Crippen LogP contribution in [0.3, 0.4) is 0 Å². The van der Waals surface area contributed by atoms with Gasteiger partial charge in [0.15, 0.2) is 10.1 Å². The number of hydrogen-bond acceptors (Lipinski definition) is 9. The van der Waals surface area contributed by atoms with E-state index >= 15 is 0 Å². The number of rotatable bonds is 6. The summed E-state index contributed by atoms with van der Waals surface area (Å²) in [5.41, 5.74) is 9.57. The van der Waals surface area contributed by atoms with E-state index in [0.717, 1.165) is 11.3 Å². The molecule has 0 saturated heterocycles. The summed E-state index contributed by atoms with van der Waals surface area (Å²) >= 11 is 2.43. The molecule has 0 radical (unpaired) electrons. The van der Waals surface area contributed by atoms with Crippen LogP contribution >= 0.6 is 23.1 Å². The Morgan fingerprint density at radius 2 is 2.08 bits per heavy atom. The molecule has 1 aliphatic heterocycles. The number of thioether (sulfide) groups is 1. The van der Waals surface area contributed by atoms with E-state index < -0.39 is 11.7 Å². The molecule has 0 spiro atoms. The molecular formula is C27H23FN6O2S2. The van der Waals surface area contributed by atoms with E-state index in [2.05, 4.69) is 21.6 Å². The number of halogens is 1. The summed E-state index contributed by atoms with van der Waals surface area (Å²) in [5, 5.41) is 21.8. The first-order valence-corrected chi connectivity index (χ1v) is 13.7. The first kappa shape index (κ1) is 25.6. The lowest BCUT2D eigenvalue weighted by molar-refractivity contribution is -0.116. The number of nitrogens with zero attached hydrogens (tertiary/aromatic N) is 4. The number of amides is 1. The van der Waals surface area contributed by atoms with Crippen molar-refractivity contribution in [1.29, 1.82) is 5.26 Å². The second kappa shape index (κ2) is 10.8. The molecule has 3 aromatic rings. The van der Waals surface area contributed by atoms with Crippen LogP contribution in [-0.4, -0.2) is 27.6 Å². The molecule has 0 fully saturated rings. The summed E-state index contributed by atoms with van der Waals surface area (Å²) in [6, 6.07) is 15.8. The SMILES string of the molecule is Cc1cccc(NC(=O)CSc2nnc(N3C(N)=C(C#N)C(c4ccccc4F)C4=C3CCCC4=O)s2)c1. The van der Waals surface area contributed by atoms with E-state index in [0.29, 0.717) is 40.0 Å². The van der Waals surface area contributed by atoms with Gasteiger partial charge in [0.2, 0.25) is 11.0 Å². The largest absolute Gasteiger partial charge is 0.384 e. The third kappa shape index (κ3) is 4.92. The number of Topliss-reactive ketones (excluding diaryl/α,β-unsaturated/α-hetero) is 1. The molecule has 2 heterocycles. The lowest BCUT2D eigenvalue weighted by Gasteiger charge is -2.38. The maximum Gasteiger partial charge on any atom is 0.234 e. The van der Waals surface area contributed by atoms with Crippen LogP contribution < -0.4 is 16.0 Å². The van der Waals surface area contributed by atoms with Gasteiger partial charge >= 0.3 is 0 Å². The first-order chi connectivity index (χ1) is 18.4. The molecular weight excluding hydrogens is 523 g/mol. The van der Waals surface area contributed by atoms with E-state index in [9.17, 15) is 19.2 Å². The fraction of sp³-hybridized carbons (Fsp3) is 0.222. The Kier molecular flexibility index (Phi) is 7.26. The smallest absolute Gasteiger partial charge is 0.234 e. The van der Waals surface area contributed by atoms with E-state index in [1.807, 2.05) is 31.2 Å². The molecule has 1 atom stereocenters. The van der Waals surface area contributed by atoms with Gasteiger partial charge in [-0.2, -0.15) is 5.26 Å². The Bertz CT molecular complexity index is 1540. The second-order valence-electron chi connectivity index (χ2n) is 8.89. The Morgan fingerprint density at radius 1 is 1.26 bits per heavy atom. The van der Waals surface area contributed by atoms with Crippen LogP contribution in [0.25, 0.3) is 0 Å². The molecule has 5 rings (SSSR count). The molecule has 1 aromatic heterocycles. The number of benzene rings is 2. The normalized spacial score (nSPS) is 17.3. The van der Waals surface area contributed by atoms with Crippen molar-refractivity contribution in [2.75, 3.05) is 16.0 Å². The minimum Gasteiger partial charge on any atom is -0.384 e. The Hall–Kier alpha value is -4.01. The number of aryl methyl sites for hydroxylation is 1. The minimum atomic E-state index is -0.882. The fourth-order valence-corrected chi connectivity index (χ4v) is 6.40. The Morgan fingerprint density at radius 3 is 2.84 bits per heavy atom. The highest BCUT2D eigenvalue weighted by molar-refractivity contribution is 8.01. The predicted molar refractivity (Wildman–Crippen MR) is 145 cm³/mol. The van der Waals surface area contributed by atoms with Crippen LogP contribution in [-0.2, 0) is 9.59 Å². The van der Waals surface area contributed by atoms with Crippen molar-refractivity contribution in [3.05, 3.63) is 88.1 Å².